The lowest BCUT2D eigenvalue weighted by atomic mass is 10.2. The van der Waals surface area contributed by atoms with E-state index in [-0.39, 0.29) is 23.8 Å². The van der Waals surface area contributed by atoms with Gasteiger partial charge >= 0.3 is 0 Å². The Kier molecular flexibility index (Phi) is 3.79. The van der Waals surface area contributed by atoms with Crippen molar-refractivity contribution in [2.75, 3.05) is 13.2 Å². The zero-order chi connectivity index (χ0) is 15.7. The molecular formula is C14H16N2O5S. The molecule has 1 aliphatic rings. The molecule has 2 heterocycles. The molecule has 0 radical (unpaired) electrons. The van der Waals surface area contributed by atoms with Crippen LogP contribution in [0.5, 0.6) is 11.5 Å². The van der Waals surface area contributed by atoms with Crippen LogP contribution >= 0.6 is 0 Å². The van der Waals surface area contributed by atoms with Gasteiger partial charge in [0.15, 0.2) is 17.3 Å². The van der Waals surface area contributed by atoms with Gasteiger partial charge in [-0.3, -0.25) is 0 Å². The molecule has 2 aromatic rings. The van der Waals surface area contributed by atoms with Gasteiger partial charge in [0.1, 0.15) is 23.3 Å². The maximum Gasteiger partial charge on any atom is 0.246 e. The van der Waals surface area contributed by atoms with E-state index >= 15 is 0 Å². The Morgan fingerprint density at radius 3 is 2.68 bits per heavy atom. The predicted octanol–water partition coefficient (Wildman–Crippen LogP) is 1.41. The average molecular weight is 324 g/mol. The summed E-state index contributed by atoms with van der Waals surface area (Å²) in [6.45, 7) is 3.52. The second kappa shape index (κ2) is 5.62. The van der Waals surface area contributed by atoms with E-state index in [1.54, 1.807) is 26.0 Å². The number of benzene rings is 1. The molecule has 1 aromatic carbocycles. The van der Waals surface area contributed by atoms with Gasteiger partial charge in [0.25, 0.3) is 0 Å². The van der Waals surface area contributed by atoms with Gasteiger partial charge in [-0.25, -0.2) is 13.1 Å². The molecule has 0 amide bonds. The first-order chi connectivity index (χ1) is 10.5. The first-order valence-electron chi connectivity index (χ1n) is 6.78. The summed E-state index contributed by atoms with van der Waals surface area (Å²) in [5.41, 5.74) is 0.330. The van der Waals surface area contributed by atoms with Crippen LogP contribution in [0.15, 0.2) is 33.7 Å². The molecule has 0 aliphatic carbocycles. The number of nitrogens with one attached hydrogen (secondary N) is 1. The summed E-state index contributed by atoms with van der Waals surface area (Å²) in [6.07, 6.45) is -0.398. The fourth-order valence-corrected chi connectivity index (χ4v) is 3.69. The summed E-state index contributed by atoms with van der Waals surface area (Å²) < 4.78 is 43.3. The van der Waals surface area contributed by atoms with Gasteiger partial charge < -0.3 is 14.0 Å². The summed E-state index contributed by atoms with van der Waals surface area (Å²) in [5.74, 6) is 1.53. The van der Waals surface area contributed by atoms with E-state index in [1.807, 2.05) is 12.1 Å². The van der Waals surface area contributed by atoms with Crippen molar-refractivity contribution in [3.8, 4) is 11.5 Å². The highest BCUT2D eigenvalue weighted by atomic mass is 32.2. The van der Waals surface area contributed by atoms with Gasteiger partial charge in [-0.15, -0.1) is 0 Å². The SMILES string of the molecule is Cc1noc(C)c1S(=O)(=O)NC[C@H]1COc2ccccc2O1. The first kappa shape index (κ1) is 14.9. The van der Waals surface area contributed by atoms with E-state index in [0.29, 0.717) is 17.2 Å². The van der Waals surface area contributed by atoms with Crippen molar-refractivity contribution in [1.82, 2.24) is 9.88 Å². The molecule has 0 saturated heterocycles. The maximum absolute atomic E-state index is 12.3. The molecule has 8 heteroatoms. The molecule has 7 nitrogen and oxygen atoms in total. The Bertz CT molecular complexity index is 765. The quantitative estimate of drug-likeness (QED) is 0.914. The van der Waals surface area contributed by atoms with E-state index in [1.165, 1.54) is 0 Å². The Morgan fingerprint density at radius 2 is 2.00 bits per heavy atom. The van der Waals surface area contributed by atoms with E-state index in [4.69, 9.17) is 14.0 Å². The molecule has 0 saturated carbocycles. The molecule has 0 spiro atoms. The highest BCUT2D eigenvalue weighted by Crippen LogP contribution is 2.30. The molecule has 118 valence electrons. The smallest absolute Gasteiger partial charge is 0.246 e. The lowest BCUT2D eigenvalue weighted by Gasteiger charge is -2.26. The summed E-state index contributed by atoms with van der Waals surface area (Å²) >= 11 is 0. The molecule has 1 aliphatic heterocycles. The number of hydrogen-bond acceptors (Lipinski definition) is 6. The highest BCUT2D eigenvalue weighted by molar-refractivity contribution is 7.89. The summed E-state index contributed by atoms with van der Waals surface area (Å²) in [6, 6.07) is 7.27. The standard InChI is InChI=1S/C14H16N2O5S/c1-9-14(10(2)21-16-9)22(17,18)15-7-11-8-19-12-5-3-4-6-13(12)20-11/h3-6,11,15H,7-8H2,1-2H3/t11-/m0/s1. The third-order valence-corrected chi connectivity index (χ3v) is 4.97. The molecule has 3 rings (SSSR count). The first-order valence-corrected chi connectivity index (χ1v) is 8.27. The van der Waals surface area contributed by atoms with Crippen molar-refractivity contribution >= 4 is 10.0 Å². The van der Waals surface area contributed by atoms with Gasteiger partial charge in [0, 0.05) is 0 Å². The third-order valence-electron chi connectivity index (χ3n) is 3.31. The van der Waals surface area contributed by atoms with Crippen LogP contribution in [0.3, 0.4) is 0 Å². The molecule has 0 fully saturated rings. The Labute approximate surface area is 128 Å². The lowest BCUT2D eigenvalue weighted by molar-refractivity contribution is 0.0943. The summed E-state index contributed by atoms with van der Waals surface area (Å²) in [5, 5.41) is 3.66. The minimum Gasteiger partial charge on any atom is -0.486 e. The van der Waals surface area contributed by atoms with Gasteiger partial charge in [0.05, 0.1) is 6.54 Å². The average Bonchev–Trinajstić information content (AvgIpc) is 2.85. The van der Waals surface area contributed by atoms with E-state index in [9.17, 15) is 8.42 Å². The Hall–Kier alpha value is -2.06. The number of nitrogens with zero attached hydrogens (tertiary/aromatic N) is 1. The predicted molar refractivity (Wildman–Crippen MR) is 77.5 cm³/mol. The Morgan fingerprint density at radius 1 is 1.27 bits per heavy atom. The van der Waals surface area contributed by atoms with Crippen LogP contribution in [0.2, 0.25) is 0 Å². The van der Waals surface area contributed by atoms with Crippen LogP contribution in [0.25, 0.3) is 0 Å². The van der Waals surface area contributed by atoms with Gasteiger partial charge in [0.2, 0.25) is 10.0 Å². The number of hydrogen-bond donors (Lipinski definition) is 1. The molecule has 1 aromatic heterocycles. The van der Waals surface area contributed by atoms with E-state index in [2.05, 4.69) is 9.88 Å². The van der Waals surface area contributed by atoms with Crippen molar-refractivity contribution in [1.29, 1.82) is 0 Å². The highest BCUT2D eigenvalue weighted by Gasteiger charge is 2.27. The van der Waals surface area contributed by atoms with Crippen LogP contribution in [0, 0.1) is 13.8 Å². The molecular weight excluding hydrogens is 308 g/mol. The van der Waals surface area contributed by atoms with Crippen LogP contribution in [-0.4, -0.2) is 32.8 Å². The number of ether oxygens (including phenoxy) is 2. The minimum absolute atomic E-state index is 0.0737. The molecule has 0 unspecified atom stereocenters. The van der Waals surface area contributed by atoms with Gasteiger partial charge in [-0.05, 0) is 26.0 Å². The van der Waals surface area contributed by atoms with Crippen molar-refractivity contribution in [3.05, 3.63) is 35.7 Å². The summed E-state index contributed by atoms with van der Waals surface area (Å²) in [7, 11) is -3.70. The van der Waals surface area contributed by atoms with Crippen LogP contribution in [0.1, 0.15) is 11.5 Å². The topological polar surface area (TPSA) is 90.7 Å². The number of sulfonamides is 1. The largest absolute Gasteiger partial charge is 0.486 e. The van der Waals surface area contributed by atoms with E-state index < -0.39 is 16.1 Å². The molecule has 1 N–H and O–H groups in total. The van der Waals surface area contributed by atoms with Crippen molar-refractivity contribution in [3.63, 3.8) is 0 Å². The number of aryl methyl sites for hydroxylation is 2. The van der Waals surface area contributed by atoms with Gasteiger partial charge in [-0.1, -0.05) is 17.3 Å². The fraction of sp³-hybridized carbons (Fsp3) is 0.357. The van der Waals surface area contributed by atoms with E-state index in [0.717, 1.165) is 0 Å². The zero-order valence-corrected chi connectivity index (χ0v) is 13.0. The molecule has 1 atom stereocenters. The molecule has 0 bridgehead atoms. The number of aromatic nitrogens is 1. The normalized spacial score (nSPS) is 17.5. The van der Waals surface area contributed by atoms with Crippen molar-refractivity contribution < 1.29 is 22.4 Å². The van der Waals surface area contributed by atoms with Crippen molar-refractivity contribution in [2.24, 2.45) is 0 Å². The van der Waals surface area contributed by atoms with Crippen LogP contribution < -0.4 is 14.2 Å². The fourth-order valence-electron chi connectivity index (χ4n) is 2.30. The second-order valence-corrected chi connectivity index (χ2v) is 6.71. The van der Waals surface area contributed by atoms with Gasteiger partial charge in [-0.2, -0.15) is 0 Å². The van der Waals surface area contributed by atoms with Crippen LogP contribution in [0.4, 0.5) is 0 Å². The minimum atomic E-state index is -3.70. The third kappa shape index (κ3) is 2.79. The number of para-hydroxylation sites is 2. The summed E-state index contributed by atoms with van der Waals surface area (Å²) in [4.78, 5) is 0.0737. The maximum atomic E-state index is 12.3. The number of rotatable bonds is 4. The monoisotopic (exact) mass is 324 g/mol. The Balaban J connectivity index is 1.69. The second-order valence-electron chi connectivity index (χ2n) is 5.00. The lowest BCUT2D eigenvalue weighted by Crippen LogP contribution is -2.40. The number of fused-ring (bicyclic) bond motifs is 1. The zero-order valence-electron chi connectivity index (χ0n) is 12.2. The molecule has 22 heavy (non-hydrogen) atoms. The van der Waals surface area contributed by atoms with Crippen molar-refractivity contribution in [2.45, 2.75) is 24.8 Å². The van der Waals surface area contributed by atoms with Crippen LogP contribution in [-0.2, 0) is 10.0 Å².